The van der Waals surface area contributed by atoms with Crippen molar-refractivity contribution in [3.63, 3.8) is 0 Å². The normalized spacial score (nSPS) is 10.6. The fraction of sp³-hybridized carbons (Fsp3) is 0.500. The van der Waals surface area contributed by atoms with Gasteiger partial charge < -0.3 is 15.4 Å². The van der Waals surface area contributed by atoms with Gasteiger partial charge in [-0.25, -0.2) is 0 Å². The summed E-state index contributed by atoms with van der Waals surface area (Å²) in [6.07, 6.45) is 1.08. The number of hydrogen-bond donors (Lipinski definition) is 2. The molecule has 0 saturated carbocycles. The van der Waals surface area contributed by atoms with E-state index in [1.165, 1.54) is 0 Å². The number of halogens is 2. The standard InChI is InChI=1S/C12H18Cl2N2O/c1-15-4-3-5-16-8-9-6-10(13)7-11(14)12(9)17-2/h6-7,15-16H,3-5,8H2,1-2H3. The van der Waals surface area contributed by atoms with Gasteiger partial charge in [-0.1, -0.05) is 23.2 Å². The Labute approximate surface area is 112 Å². The molecular formula is C12H18Cl2N2O. The molecule has 1 aromatic carbocycles. The fourth-order valence-electron chi connectivity index (χ4n) is 1.59. The van der Waals surface area contributed by atoms with Crippen molar-refractivity contribution >= 4 is 23.2 Å². The molecule has 0 fully saturated rings. The smallest absolute Gasteiger partial charge is 0.142 e. The number of benzene rings is 1. The van der Waals surface area contributed by atoms with E-state index in [1.807, 2.05) is 13.1 Å². The number of hydrogen-bond acceptors (Lipinski definition) is 3. The van der Waals surface area contributed by atoms with Crippen LogP contribution in [0.25, 0.3) is 0 Å². The molecule has 0 aliphatic carbocycles. The molecule has 0 amide bonds. The van der Waals surface area contributed by atoms with Crippen LogP contribution in [0.3, 0.4) is 0 Å². The zero-order valence-electron chi connectivity index (χ0n) is 10.1. The predicted molar refractivity (Wildman–Crippen MR) is 73.3 cm³/mol. The highest BCUT2D eigenvalue weighted by Crippen LogP contribution is 2.31. The van der Waals surface area contributed by atoms with Gasteiger partial charge in [0.15, 0.2) is 0 Å². The molecule has 0 aromatic heterocycles. The van der Waals surface area contributed by atoms with Gasteiger partial charge in [-0.2, -0.15) is 0 Å². The summed E-state index contributed by atoms with van der Waals surface area (Å²) in [6.45, 7) is 2.64. The van der Waals surface area contributed by atoms with Gasteiger partial charge in [0.25, 0.3) is 0 Å². The number of methoxy groups -OCH3 is 1. The molecule has 0 bridgehead atoms. The molecule has 0 unspecified atom stereocenters. The van der Waals surface area contributed by atoms with Crippen LogP contribution in [0.5, 0.6) is 5.75 Å². The highest BCUT2D eigenvalue weighted by molar-refractivity contribution is 6.35. The van der Waals surface area contributed by atoms with Gasteiger partial charge in [0.2, 0.25) is 0 Å². The number of nitrogens with one attached hydrogen (secondary N) is 2. The van der Waals surface area contributed by atoms with Crippen LogP contribution in [0, 0.1) is 0 Å². The molecular weight excluding hydrogens is 259 g/mol. The van der Waals surface area contributed by atoms with E-state index in [9.17, 15) is 0 Å². The molecule has 0 radical (unpaired) electrons. The van der Waals surface area contributed by atoms with Gasteiger partial charge in [-0.3, -0.25) is 0 Å². The maximum Gasteiger partial charge on any atom is 0.142 e. The maximum absolute atomic E-state index is 6.05. The summed E-state index contributed by atoms with van der Waals surface area (Å²) < 4.78 is 5.27. The lowest BCUT2D eigenvalue weighted by Gasteiger charge is -2.12. The van der Waals surface area contributed by atoms with Gasteiger partial charge in [0.1, 0.15) is 5.75 Å². The molecule has 0 heterocycles. The van der Waals surface area contributed by atoms with Crippen molar-refractivity contribution in [2.24, 2.45) is 0 Å². The summed E-state index contributed by atoms with van der Waals surface area (Å²) in [5, 5.41) is 7.60. The van der Waals surface area contributed by atoms with E-state index in [1.54, 1.807) is 13.2 Å². The first kappa shape index (κ1) is 14.6. The van der Waals surface area contributed by atoms with Gasteiger partial charge in [0.05, 0.1) is 12.1 Å². The van der Waals surface area contributed by atoms with Gasteiger partial charge in [-0.05, 0) is 38.7 Å². The minimum absolute atomic E-state index is 0.548. The third-order valence-electron chi connectivity index (χ3n) is 2.39. The molecule has 1 aromatic rings. The van der Waals surface area contributed by atoms with Crippen molar-refractivity contribution < 1.29 is 4.74 Å². The zero-order valence-corrected chi connectivity index (χ0v) is 11.7. The molecule has 0 aliphatic rings. The van der Waals surface area contributed by atoms with E-state index in [0.717, 1.165) is 25.1 Å². The summed E-state index contributed by atoms with van der Waals surface area (Å²) in [7, 11) is 3.55. The molecule has 3 nitrogen and oxygen atoms in total. The van der Waals surface area contributed by atoms with Gasteiger partial charge in [-0.15, -0.1) is 0 Å². The van der Waals surface area contributed by atoms with E-state index < -0.39 is 0 Å². The molecule has 1 rings (SSSR count). The van der Waals surface area contributed by atoms with Crippen molar-refractivity contribution in [1.82, 2.24) is 10.6 Å². The molecule has 0 aliphatic heterocycles. The second kappa shape index (κ2) is 7.77. The maximum atomic E-state index is 6.05. The van der Waals surface area contributed by atoms with Crippen molar-refractivity contribution in [2.75, 3.05) is 27.2 Å². The van der Waals surface area contributed by atoms with E-state index in [2.05, 4.69) is 10.6 Å². The minimum Gasteiger partial charge on any atom is -0.495 e. The van der Waals surface area contributed by atoms with Crippen LogP contribution in [0.2, 0.25) is 10.0 Å². The van der Waals surface area contributed by atoms with Crippen LogP contribution < -0.4 is 15.4 Å². The fourth-order valence-corrected chi connectivity index (χ4v) is 2.20. The lowest BCUT2D eigenvalue weighted by Crippen LogP contribution is -2.19. The summed E-state index contributed by atoms with van der Waals surface area (Å²) >= 11 is 12.0. The van der Waals surface area contributed by atoms with Crippen LogP contribution >= 0.6 is 23.2 Å². The minimum atomic E-state index is 0.548. The average Bonchev–Trinajstić information content (AvgIpc) is 2.28. The zero-order chi connectivity index (χ0) is 12.7. The summed E-state index contributed by atoms with van der Waals surface area (Å²) in [5.41, 5.74) is 0.981. The van der Waals surface area contributed by atoms with Crippen LogP contribution in [-0.4, -0.2) is 27.2 Å². The Kier molecular flexibility index (Phi) is 6.66. The largest absolute Gasteiger partial charge is 0.495 e. The quantitative estimate of drug-likeness (QED) is 0.752. The topological polar surface area (TPSA) is 33.3 Å². The van der Waals surface area contributed by atoms with Crippen LogP contribution in [-0.2, 0) is 6.54 Å². The van der Waals surface area contributed by atoms with Crippen molar-refractivity contribution in [3.05, 3.63) is 27.7 Å². The second-order valence-electron chi connectivity index (χ2n) is 3.71. The third kappa shape index (κ3) is 4.72. The summed E-state index contributed by atoms with van der Waals surface area (Å²) in [6, 6.07) is 3.56. The van der Waals surface area contributed by atoms with Gasteiger partial charge >= 0.3 is 0 Å². The first-order valence-electron chi connectivity index (χ1n) is 5.56. The van der Waals surface area contributed by atoms with Crippen molar-refractivity contribution in [2.45, 2.75) is 13.0 Å². The van der Waals surface area contributed by atoms with Crippen LogP contribution in [0.1, 0.15) is 12.0 Å². The molecule has 0 spiro atoms. The highest BCUT2D eigenvalue weighted by atomic mass is 35.5. The highest BCUT2D eigenvalue weighted by Gasteiger charge is 2.09. The SMILES string of the molecule is CNCCCNCc1cc(Cl)cc(Cl)c1OC. The third-order valence-corrected chi connectivity index (χ3v) is 2.88. The van der Waals surface area contributed by atoms with E-state index in [4.69, 9.17) is 27.9 Å². The molecule has 5 heteroatoms. The Balaban J connectivity index is 2.57. The number of rotatable bonds is 7. The Morgan fingerprint density at radius 2 is 2.00 bits per heavy atom. The first-order valence-corrected chi connectivity index (χ1v) is 6.32. The number of ether oxygens (including phenoxy) is 1. The lowest BCUT2D eigenvalue weighted by molar-refractivity contribution is 0.408. The molecule has 2 N–H and O–H groups in total. The average molecular weight is 277 g/mol. The second-order valence-corrected chi connectivity index (χ2v) is 4.56. The monoisotopic (exact) mass is 276 g/mol. The van der Waals surface area contributed by atoms with Crippen LogP contribution in [0.15, 0.2) is 12.1 Å². The van der Waals surface area contributed by atoms with E-state index in [-0.39, 0.29) is 0 Å². The van der Waals surface area contributed by atoms with Crippen molar-refractivity contribution in [1.29, 1.82) is 0 Å². The van der Waals surface area contributed by atoms with Crippen LogP contribution in [0.4, 0.5) is 0 Å². The Morgan fingerprint density at radius 1 is 1.24 bits per heavy atom. The van der Waals surface area contributed by atoms with E-state index in [0.29, 0.717) is 22.3 Å². The molecule has 96 valence electrons. The van der Waals surface area contributed by atoms with E-state index >= 15 is 0 Å². The molecule has 17 heavy (non-hydrogen) atoms. The molecule has 0 saturated heterocycles. The lowest BCUT2D eigenvalue weighted by atomic mass is 10.2. The van der Waals surface area contributed by atoms with Crippen molar-refractivity contribution in [3.8, 4) is 5.75 Å². The first-order chi connectivity index (χ1) is 8.19. The predicted octanol–water partition coefficient (Wildman–Crippen LogP) is 2.70. The van der Waals surface area contributed by atoms with Gasteiger partial charge in [0, 0.05) is 17.1 Å². The Hall–Kier alpha value is -0.480. The molecule has 0 atom stereocenters. The summed E-state index contributed by atoms with van der Waals surface area (Å²) in [4.78, 5) is 0. The Bertz CT molecular complexity index is 359. The Morgan fingerprint density at radius 3 is 2.65 bits per heavy atom. The summed E-state index contributed by atoms with van der Waals surface area (Å²) in [5.74, 6) is 0.692.